The average molecular weight is 1140 g/mol. The van der Waals surface area contributed by atoms with Crippen LogP contribution in [0.1, 0.15) is 431 Å². The van der Waals surface area contributed by atoms with Crippen LogP contribution in [0.5, 0.6) is 0 Å². The number of carbonyl (C=O) groups is 2. The molecular weight excluding hydrogens is 993 g/mol. The first-order valence-electron chi connectivity index (χ1n) is 37.4. The van der Waals surface area contributed by atoms with Crippen LogP contribution >= 0.6 is 0 Å². The highest BCUT2D eigenvalue weighted by atomic mass is 16.6. The van der Waals surface area contributed by atoms with Gasteiger partial charge in [0, 0.05) is 12.8 Å². The van der Waals surface area contributed by atoms with E-state index in [4.69, 9.17) is 9.47 Å². The molecule has 1 unspecified atom stereocenters. The molecule has 5 nitrogen and oxygen atoms in total. The maximum atomic E-state index is 12.4. The van der Waals surface area contributed by atoms with Gasteiger partial charge < -0.3 is 14.6 Å². The van der Waals surface area contributed by atoms with Gasteiger partial charge in [0.05, 0.1) is 6.61 Å². The number of esters is 2. The molecule has 0 aromatic heterocycles. The van der Waals surface area contributed by atoms with Crippen LogP contribution in [0.25, 0.3) is 0 Å². The highest BCUT2D eigenvalue weighted by Gasteiger charge is 2.16. The van der Waals surface area contributed by atoms with Crippen molar-refractivity contribution >= 4 is 11.9 Å². The van der Waals surface area contributed by atoms with Crippen molar-refractivity contribution in [1.29, 1.82) is 0 Å². The van der Waals surface area contributed by atoms with Gasteiger partial charge in [-0.2, -0.15) is 0 Å². The minimum atomic E-state index is -0.769. The Balaban J connectivity index is 3.35. The lowest BCUT2D eigenvalue weighted by Crippen LogP contribution is -2.28. The molecular formula is C76H146O5. The zero-order valence-electron chi connectivity index (χ0n) is 55.3. The topological polar surface area (TPSA) is 72.8 Å². The number of carbonyl (C=O) groups excluding carboxylic acids is 2. The Kier molecular flexibility index (Phi) is 71.2. The van der Waals surface area contributed by atoms with Crippen molar-refractivity contribution in [2.24, 2.45) is 0 Å². The van der Waals surface area contributed by atoms with Gasteiger partial charge >= 0.3 is 11.9 Å². The maximum Gasteiger partial charge on any atom is 0.306 e. The van der Waals surface area contributed by atoms with Crippen LogP contribution < -0.4 is 0 Å². The van der Waals surface area contributed by atoms with E-state index in [2.05, 4.69) is 38.2 Å². The number of hydrogen-bond donors (Lipinski definition) is 1. The van der Waals surface area contributed by atoms with E-state index in [0.29, 0.717) is 12.8 Å². The SMILES string of the molecule is CCCCCCC/C=C\C/C=C\CCCCCCCCCCCCCCCCCCCC(=O)OC(CO)COC(=O)CCCCCCCCCCCCCCCCCCCCCCCCCCCCCCCCCCCCCCCC. The van der Waals surface area contributed by atoms with Crippen molar-refractivity contribution in [3.63, 3.8) is 0 Å². The monoisotopic (exact) mass is 1140 g/mol. The molecule has 0 aliphatic carbocycles. The Bertz CT molecular complexity index is 1240. The molecule has 0 amide bonds. The molecule has 480 valence electrons. The van der Waals surface area contributed by atoms with Gasteiger partial charge in [-0.3, -0.25) is 9.59 Å². The molecule has 0 aromatic rings. The summed E-state index contributed by atoms with van der Waals surface area (Å²) in [6.07, 6.45) is 95.4. The average Bonchev–Trinajstić information content (AvgIpc) is 3.47. The number of rotatable bonds is 71. The molecule has 0 bridgehead atoms. The zero-order valence-corrected chi connectivity index (χ0v) is 55.3. The number of ether oxygens (including phenoxy) is 2. The summed E-state index contributed by atoms with van der Waals surface area (Å²) in [5, 5.41) is 9.71. The van der Waals surface area contributed by atoms with E-state index in [1.807, 2.05) is 0 Å². The molecule has 1 atom stereocenters. The third-order valence-corrected chi connectivity index (χ3v) is 17.5. The van der Waals surface area contributed by atoms with E-state index in [-0.39, 0.29) is 25.2 Å². The quantitative estimate of drug-likeness (QED) is 0.0373. The van der Waals surface area contributed by atoms with Crippen molar-refractivity contribution in [3.8, 4) is 0 Å². The normalized spacial score (nSPS) is 12.2. The van der Waals surface area contributed by atoms with Crippen LogP contribution in [0.15, 0.2) is 24.3 Å². The molecule has 81 heavy (non-hydrogen) atoms. The Morgan fingerprint density at radius 1 is 0.284 bits per heavy atom. The molecule has 0 aliphatic heterocycles. The fourth-order valence-electron chi connectivity index (χ4n) is 11.9. The Morgan fingerprint density at radius 3 is 0.728 bits per heavy atom. The maximum absolute atomic E-state index is 12.4. The number of allylic oxidation sites excluding steroid dienone is 4. The molecule has 5 heteroatoms. The summed E-state index contributed by atoms with van der Waals surface area (Å²) >= 11 is 0. The van der Waals surface area contributed by atoms with Crippen LogP contribution in [0.4, 0.5) is 0 Å². The first-order chi connectivity index (χ1) is 40.1. The smallest absolute Gasteiger partial charge is 0.306 e. The van der Waals surface area contributed by atoms with Crippen molar-refractivity contribution in [2.45, 2.75) is 437 Å². The lowest BCUT2D eigenvalue weighted by atomic mass is 10.0. The Morgan fingerprint density at radius 2 is 0.494 bits per heavy atom. The van der Waals surface area contributed by atoms with E-state index in [1.165, 1.54) is 366 Å². The van der Waals surface area contributed by atoms with Gasteiger partial charge in [-0.05, 0) is 44.9 Å². The molecule has 0 aromatic carbocycles. The molecule has 0 rings (SSSR count). The number of hydrogen-bond acceptors (Lipinski definition) is 5. The summed E-state index contributed by atoms with van der Waals surface area (Å²) in [7, 11) is 0. The van der Waals surface area contributed by atoms with Gasteiger partial charge in [0.1, 0.15) is 6.61 Å². The van der Waals surface area contributed by atoms with Crippen LogP contribution in [-0.2, 0) is 19.1 Å². The van der Waals surface area contributed by atoms with E-state index in [1.54, 1.807) is 0 Å². The summed E-state index contributed by atoms with van der Waals surface area (Å²) in [4.78, 5) is 24.7. The second-order valence-electron chi connectivity index (χ2n) is 25.7. The molecule has 0 fully saturated rings. The molecule has 0 saturated carbocycles. The van der Waals surface area contributed by atoms with Crippen LogP contribution in [0.3, 0.4) is 0 Å². The summed E-state index contributed by atoms with van der Waals surface area (Å²) in [5.74, 6) is -0.563. The molecule has 0 heterocycles. The lowest BCUT2D eigenvalue weighted by Gasteiger charge is -2.15. The van der Waals surface area contributed by atoms with Gasteiger partial charge in [-0.15, -0.1) is 0 Å². The van der Waals surface area contributed by atoms with E-state index < -0.39 is 6.10 Å². The Hall–Kier alpha value is -1.62. The third-order valence-electron chi connectivity index (χ3n) is 17.5. The first-order valence-corrected chi connectivity index (χ1v) is 37.4. The minimum absolute atomic E-state index is 0.0582. The number of aliphatic hydroxyl groups is 1. The predicted molar refractivity (Wildman–Crippen MR) is 358 cm³/mol. The number of unbranched alkanes of at least 4 members (excludes halogenated alkanes) is 59. The molecule has 0 spiro atoms. The summed E-state index contributed by atoms with van der Waals surface area (Å²) < 4.78 is 10.8. The largest absolute Gasteiger partial charge is 0.462 e. The predicted octanol–water partition coefficient (Wildman–Crippen LogP) is 25.9. The highest BCUT2D eigenvalue weighted by molar-refractivity contribution is 5.70. The van der Waals surface area contributed by atoms with Crippen molar-refractivity contribution in [1.82, 2.24) is 0 Å². The highest BCUT2D eigenvalue weighted by Crippen LogP contribution is 2.20. The summed E-state index contributed by atoms with van der Waals surface area (Å²) in [6, 6.07) is 0. The van der Waals surface area contributed by atoms with Crippen LogP contribution in [0, 0.1) is 0 Å². The fraction of sp³-hybridized carbons (Fsp3) is 0.921. The van der Waals surface area contributed by atoms with Gasteiger partial charge in [0.15, 0.2) is 6.10 Å². The summed E-state index contributed by atoms with van der Waals surface area (Å²) in [5.41, 5.74) is 0. The standard InChI is InChI=1S/C76H146O5/c1-3-5-7-9-11-13-15-17-19-21-23-25-27-29-31-33-34-35-36-37-38-39-40-41-43-44-46-48-50-52-54-56-58-60-62-64-66-68-70-75(78)80-73-74(72-77)81-76(79)71-69-67-65-63-61-59-57-55-53-51-49-47-45-42-32-30-28-26-24-22-20-18-16-14-12-10-8-6-4-2/h16,18,22,24,74,77H,3-15,17,19-21,23,25-73H2,1-2H3/b18-16-,24-22-. The number of aliphatic hydroxyl groups excluding tert-OH is 1. The van der Waals surface area contributed by atoms with Gasteiger partial charge in [0.25, 0.3) is 0 Å². The molecule has 0 aliphatic rings. The van der Waals surface area contributed by atoms with Crippen LogP contribution in [0.2, 0.25) is 0 Å². The van der Waals surface area contributed by atoms with Crippen LogP contribution in [-0.4, -0.2) is 36.4 Å². The first kappa shape index (κ1) is 79.4. The van der Waals surface area contributed by atoms with E-state index in [9.17, 15) is 14.7 Å². The van der Waals surface area contributed by atoms with E-state index >= 15 is 0 Å². The van der Waals surface area contributed by atoms with Gasteiger partial charge in [0.2, 0.25) is 0 Å². The minimum Gasteiger partial charge on any atom is -0.462 e. The van der Waals surface area contributed by atoms with Crippen molar-refractivity contribution < 1.29 is 24.2 Å². The van der Waals surface area contributed by atoms with E-state index in [0.717, 1.165) is 38.5 Å². The summed E-state index contributed by atoms with van der Waals surface area (Å²) in [6.45, 7) is 4.20. The second-order valence-corrected chi connectivity index (χ2v) is 25.7. The van der Waals surface area contributed by atoms with Gasteiger partial charge in [-0.1, -0.05) is 398 Å². The third kappa shape index (κ3) is 70.8. The zero-order chi connectivity index (χ0) is 58.4. The lowest BCUT2D eigenvalue weighted by molar-refractivity contribution is -0.161. The molecule has 0 saturated heterocycles. The van der Waals surface area contributed by atoms with Gasteiger partial charge in [-0.25, -0.2) is 0 Å². The second kappa shape index (κ2) is 72.6. The molecule has 0 radical (unpaired) electrons. The molecule has 1 N–H and O–H groups in total. The fourth-order valence-corrected chi connectivity index (χ4v) is 11.9. The van der Waals surface area contributed by atoms with Crippen molar-refractivity contribution in [2.75, 3.05) is 13.2 Å². The van der Waals surface area contributed by atoms with Crippen molar-refractivity contribution in [3.05, 3.63) is 24.3 Å². The Labute approximate surface area is 508 Å².